The number of alkyl halides is 1. The summed E-state index contributed by atoms with van der Waals surface area (Å²) in [5.74, 6) is 0.529. The predicted octanol–water partition coefficient (Wildman–Crippen LogP) is 1.97. The summed E-state index contributed by atoms with van der Waals surface area (Å²) in [6, 6.07) is 0. The summed E-state index contributed by atoms with van der Waals surface area (Å²) in [5.41, 5.74) is 0. The van der Waals surface area contributed by atoms with E-state index in [-0.39, 0.29) is 12.5 Å². The zero-order chi connectivity index (χ0) is 13.1. The van der Waals surface area contributed by atoms with Crippen molar-refractivity contribution in [3.05, 3.63) is 0 Å². The van der Waals surface area contributed by atoms with E-state index in [1.807, 2.05) is 0 Å². The molecule has 1 amide bonds. The van der Waals surface area contributed by atoms with Gasteiger partial charge < -0.3 is 14.8 Å². The molecule has 0 fully saturated rings. The van der Waals surface area contributed by atoms with Gasteiger partial charge >= 0.3 is 0 Å². The van der Waals surface area contributed by atoms with E-state index < -0.39 is 0 Å². The first-order valence-electron chi connectivity index (χ1n) is 6.13. The Hall–Kier alpha value is -0.130. The summed E-state index contributed by atoms with van der Waals surface area (Å²) in [6.45, 7) is 6.05. The minimum atomic E-state index is -0.0727. The van der Waals surface area contributed by atoms with Crippen LogP contribution in [0.25, 0.3) is 0 Å². The smallest absolute Gasteiger partial charge is 0.246 e. The third-order valence-electron chi connectivity index (χ3n) is 2.72. The molecule has 0 aliphatic carbocycles. The Morgan fingerprint density at radius 3 is 2.47 bits per heavy atom. The first-order chi connectivity index (χ1) is 8.15. The van der Waals surface area contributed by atoms with Crippen molar-refractivity contribution in [3.8, 4) is 0 Å². The van der Waals surface area contributed by atoms with Gasteiger partial charge in [-0.3, -0.25) is 4.79 Å². The maximum absolute atomic E-state index is 11.4. The largest absolute Gasteiger partial charge is 0.382 e. The minimum absolute atomic E-state index is 0.0727. The lowest BCUT2D eigenvalue weighted by atomic mass is 9.99. The number of hydrogen-bond acceptors (Lipinski definition) is 3. The molecule has 0 aromatic heterocycles. The van der Waals surface area contributed by atoms with Crippen LogP contribution in [0.5, 0.6) is 0 Å². The molecule has 0 bridgehead atoms. The van der Waals surface area contributed by atoms with Crippen LogP contribution in [0.15, 0.2) is 0 Å². The standard InChI is InChI=1S/C12H24BrNO3/c1-4-10(5-2)11(13)8-14-12(15)9-17-7-6-16-3/h10-11H,4-9H2,1-3H3,(H,14,15). The fourth-order valence-corrected chi connectivity index (χ4v) is 2.45. The van der Waals surface area contributed by atoms with Crippen LogP contribution in [0.4, 0.5) is 0 Å². The van der Waals surface area contributed by atoms with Crippen molar-refractivity contribution >= 4 is 21.8 Å². The number of methoxy groups -OCH3 is 1. The molecule has 102 valence electrons. The fraction of sp³-hybridized carbons (Fsp3) is 0.917. The first kappa shape index (κ1) is 16.9. The van der Waals surface area contributed by atoms with Gasteiger partial charge in [-0.25, -0.2) is 0 Å². The van der Waals surface area contributed by atoms with Gasteiger partial charge in [0.15, 0.2) is 0 Å². The van der Waals surface area contributed by atoms with Crippen molar-refractivity contribution < 1.29 is 14.3 Å². The number of amides is 1. The van der Waals surface area contributed by atoms with E-state index in [0.717, 1.165) is 12.8 Å². The molecule has 0 aromatic carbocycles. The van der Waals surface area contributed by atoms with Gasteiger partial charge in [0.1, 0.15) is 6.61 Å². The van der Waals surface area contributed by atoms with E-state index in [1.165, 1.54) is 0 Å². The second-order valence-corrected chi connectivity index (χ2v) is 5.12. The maximum atomic E-state index is 11.4. The van der Waals surface area contributed by atoms with Gasteiger partial charge in [0.05, 0.1) is 13.2 Å². The Kier molecular flexibility index (Phi) is 10.9. The first-order valence-corrected chi connectivity index (χ1v) is 7.04. The van der Waals surface area contributed by atoms with Crippen LogP contribution >= 0.6 is 15.9 Å². The zero-order valence-electron chi connectivity index (χ0n) is 11.0. The summed E-state index contributed by atoms with van der Waals surface area (Å²) in [4.78, 5) is 11.7. The van der Waals surface area contributed by atoms with Crippen LogP contribution in [0, 0.1) is 5.92 Å². The number of carbonyl (C=O) groups is 1. The lowest BCUT2D eigenvalue weighted by molar-refractivity contribution is -0.126. The molecular formula is C12H24BrNO3. The van der Waals surface area contributed by atoms with E-state index in [1.54, 1.807) is 7.11 Å². The van der Waals surface area contributed by atoms with Crippen molar-refractivity contribution in [2.75, 3.05) is 33.5 Å². The van der Waals surface area contributed by atoms with Crippen LogP contribution in [-0.4, -0.2) is 44.2 Å². The van der Waals surface area contributed by atoms with Crippen LogP contribution in [0.1, 0.15) is 26.7 Å². The Bertz CT molecular complexity index is 198. The minimum Gasteiger partial charge on any atom is -0.382 e. The predicted molar refractivity (Wildman–Crippen MR) is 72.5 cm³/mol. The molecule has 1 unspecified atom stereocenters. The molecule has 0 aliphatic heterocycles. The fourth-order valence-electron chi connectivity index (χ4n) is 1.54. The molecule has 0 saturated heterocycles. The van der Waals surface area contributed by atoms with Gasteiger partial charge in [-0.2, -0.15) is 0 Å². The molecular weight excluding hydrogens is 286 g/mol. The Morgan fingerprint density at radius 2 is 1.94 bits per heavy atom. The van der Waals surface area contributed by atoms with Crippen molar-refractivity contribution in [1.82, 2.24) is 5.32 Å². The second-order valence-electron chi connectivity index (χ2n) is 3.94. The molecule has 5 heteroatoms. The molecule has 4 nitrogen and oxygen atoms in total. The zero-order valence-corrected chi connectivity index (χ0v) is 12.6. The van der Waals surface area contributed by atoms with Crippen LogP contribution in [0.3, 0.4) is 0 Å². The Balaban J connectivity index is 3.61. The normalized spacial score (nSPS) is 12.8. The third-order valence-corrected chi connectivity index (χ3v) is 3.79. The lowest BCUT2D eigenvalue weighted by Gasteiger charge is -2.19. The highest BCUT2D eigenvalue weighted by Gasteiger charge is 2.15. The van der Waals surface area contributed by atoms with Gasteiger partial charge in [-0.15, -0.1) is 0 Å². The lowest BCUT2D eigenvalue weighted by Crippen LogP contribution is -2.35. The second kappa shape index (κ2) is 11.0. The number of rotatable bonds is 10. The Labute approximate surface area is 113 Å². The molecule has 0 aromatic rings. The van der Waals surface area contributed by atoms with E-state index in [4.69, 9.17) is 9.47 Å². The van der Waals surface area contributed by atoms with Gasteiger partial charge in [-0.1, -0.05) is 42.6 Å². The summed E-state index contributed by atoms with van der Waals surface area (Å²) in [5, 5.41) is 2.86. The van der Waals surface area contributed by atoms with E-state index in [2.05, 4.69) is 35.1 Å². The SMILES string of the molecule is CCC(CC)C(Br)CNC(=O)COCCOC. The summed E-state index contributed by atoms with van der Waals surface area (Å²) >= 11 is 3.61. The quantitative estimate of drug-likeness (QED) is 0.496. The highest BCUT2D eigenvalue weighted by atomic mass is 79.9. The summed E-state index contributed by atoms with van der Waals surface area (Å²) in [6.07, 6.45) is 2.24. The number of ether oxygens (including phenoxy) is 2. The number of nitrogens with one attached hydrogen (secondary N) is 1. The number of hydrogen-bond donors (Lipinski definition) is 1. The molecule has 17 heavy (non-hydrogen) atoms. The molecule has 1 N–H and O–H groups in total. The molecule has 0 rings (SSSR count). The molecule has 0 radical (unpaired) electrons. The van der Waals surface area contributed by atoms with Gasteiger partial charge in [0.25, 0.3) is 0 Å². The van der Waals surface area contributed by atoms with Crippen molar-refractivity contribution in [1.29, 1.82) is 0 Å². The van der Waals surface area contributed by atoms with Crippen LogP contribution < -0.4 is 5.32 Å². The highest BCUT2D eigenvalue weighted by molar-refractivity contribution is 9.09. The monoisotopic (exact) mass is 309 g/mol. The molecule has 0 saturated carbocycles. The van der Waals surface area contributed by atoms with Gasteiger partial charge in [0.2, 0.25) is 5.91 Å². The van der Waals surface area contributed by atoms with Crippen molar-refractivity contribution in [2.45, 2.75) is 31.5 Å². The third kappa shape index (κ3) is 8.57. The van der Waals surface area contributed by atoms with Gasteiger partial charge in [-0.05, 0) is 5.92 Å². The van der Waals surface area contributed by atoms with E-state index in [0.29, 0.717) is 30.5 Å². The average Bonchev–Trinajstić information content (AvgIpc) is 2.33. The molecule has 0 aliphatic rings. The molecule has 0 heterocycles. The van der Waals surface area contributed by atoms with E-state index in [9.17, 15) is 4.79 Å². The van der Waals surface area contributed by atoms with Crippen LogP contribution in [-0.2, 0) is 14.3 Å². The highest BCUT2D eigenvalue weighted by Crippen LogP contribution is 2.19. The Morgan fingerprint density at radius 1 is 1.29 bits per heavy atom. The topological polar surface area (TPSA) is 47.6 Å². The van der Waals surface area contributed by atoms with E-state index >= 15 is 0 Å². The summed E-state index contributed by atoms with van der Waals surface area (Å²) < 4.78 is 9.95. The van der Waals surface area contributed by atoms with Crippen LogP contribution in [0.2, 0.25) is 0 Å². The van der Waals surface area contributed by atoms with Crippen molar-refractivity contribution in [3.63, 3.8) is 0 Å². The van der Waals surface area contributed by atoms with Crippen molar-refractivity contribution in [2.24, 2.45) is 5.92 Å². The molecule has 0 spiro atoms. The average molecular weight is 310 g/mol. The summed E-state index contributed by atoms with van der Waals surface area (Å²) in [7, 11) is 1.61. The maximum Gasteiger partial charge on any atom is 0.246 e. The number of carbonyl (C=O) groups excluding carboxylic acids is 1. The number of halogens is 1. The molecule has 1 atom stereocenters. The van der Waals surface area contributed by atoms with Gasteiger partial charge in [0, 0.05) is 18.5 Å².